The van der Waals surface area contributed by atoms with E-state index in [4.69, 9.17) is 9.72 Å². The average Bonchev–Trinajstić information content (AvgIpc) is 2.96. The Labute approximate surface area is 150 Å². The van der Waals surface area contributed by atoms with Crippen LogP contribution in [0.15, 0.2) is 24.3 Å². The number of unbranched alkanes of at least 4 members (excludes halogenated alkanes) is 2. The third kappa shape index (κ3) is 6.16. The van der Waals surface area contributed by atoms with Gasteiger partial charge in [0.1, 0.15) is 5.82 Å². The van der Waals surface area contributed by atoms with Crippen LogP contribution in [0, 0.1) is 0 Å². The minimum atomic E-state index is 0.167. The molecule has 1 heterocycles. The molecule has 138 valence electrons. The third-order valence-corrected chi connectivity index (χ3v) is 4.27. The van der Waals surface area contributed by atoms with E-state index in [0.29, 0.717) is 13.0 Å². The highest BCUT2D eigenvalue weighted by Crippen LogP contribution is 2.17. The number of fused-ring (bicyclic) bond motifs is 1. The number of amides is 1. The van der Waals surface area contributed by atoms with E-state index in [-0.39, 0.29) is 5.91 Å². The summed E-state index contributed by atoms with van der Waals surface area (Å²) in [5.41, 5.74) is 2.24. The summed E-state index contributed by atoms with van der Waals surface area (Å²) in [6, 6.07) is 8.29. The summed E-state index contributed by atoms with van der Waals surface area (Å²) in [6.07, 6.45) is 5.70. The Balaban J connectivity index is 1.83. The summed E-state index contributed by atoms with van der Waals surface area (Å²) in [7, 11) is 0. The number of benzene rings is 1. The van der Waals surface area contributed by atoms with Crippen molar-refractivity contribution in [2.24, 2.45) is 0 Å². The van der Waals surface area contributed by atoms with Gasteiger partial charge in [0.2, 0.25) is 5.91 Å². The van der Waals surface area contributed by atoms with Crippen molar-refractivity contribution in [1.29, 1.82) is 0 Å². The third-order valence-electron chi connectivity index (χ3n) is 4.27. The van der Waals surface area contributed by atoms with Gasteiger partial charge in [0, 0.05) is 32.5 Å². The molecule has 0 fully saturated rings. The molecular weight excluding hydrogens is 314 g/mol. The summed E-state index contributed by atoms with van der Waals surface area (Å²) in [5, 5.41) is 2.97. The lowest BCUT2D eigenvalue weighted by Gasteiger charge is -2.09. The summed E-state index contributed by atoms with van der Waals surface area (Å²) in [4.78, 5) is 16.2. The van der Waals surface area contributed by atoms with E-state index < -0.39 is 0 Å². The maximum Gasteiger partial charge on any atom is 0.219 e. The highest BCUT2D eigenvalue weighted by molar-refractivity contribution is 5.76. The second kappa shape index (κ2) is 10.9. The molecule has 2 rings (SSSR count). The lowest BCUT2D eigenvalue weighted by Crippen LogP contribution is -2.23. The van der Waals surface area contributed by atoms with Crippen LogP contribution in [0.5, 0.6) is 0 Å². The normalized spacial score (nSPS) is 11.1. The first-order valence-corrected chi connectivity index (χ1v) is 9.54. The Bertz CT molecular complexity index is 651. The topological polar surface area (TPSA) is 56.2 Å². The maximum absolute atomic E-state index is 11.4. The molecule has 5 heteroatoms. The van der Waals surface area contributed by atoms with Crippen LogP contribution in [0.2, 0.25) is 0 Å². The quantitative estimate of drug-likeness (QED) is 0.597. The molecular formula is C20H31N3O2. The van der Waals surface area contributed by atoms with Gasteiger partial charge in [-0.2, -0.15) is 0 Å². The van der Waals surface area contributed by atoms with Gasteiger partial charge in [-0.25, -0.2) is 4.98 Å². The van der Waals surface area contributed by atoms with E-state index in [2.05, 4.69) is 28.1 Å². The second-order valence-electron chi connectivity index (χ2n) is 6.28. The number of hydrogen-bond acceptors (Lipinski definition) is 3. The van der Waals surface area contributed by atoms with Crippen molar-refractivity contribution in [2.45, 2.75) is 58.9 Å². The maximum atomic E-state index is 11.4. The lowest BCUT2D eigenvalue weighted by molar-refractivity contribution is -0.121. The number of hydrogen-bond donors (Lipinski definition) is 1. The number of imidazole rings is 1. The molecule has 1 aromatic heterocycles. The van der Waals surface area contributed by atoms with Crippen LogP contribution < -0.4 is 5.32 Å². The number of carbonyl (C=O) groups excluding carboxylic acids is 1. The predicted molar refractivity (Wildman–Crippen MR) is 102 cm³/mol. The standard InChI is InChI=1S/C20H31N3O2/c1-3-10-20(24)21-14-9-5-6-13-19-22-17-11-7-8-12-18(17)23(19)15-16-25-4-2/h7-8,11-12H,3-6,9-10,13-16H2,1-2H3,(H,21,24). The molecule has 1 amide bonds. The minimum absolute atomic E-state index is 0.167. The molecule has 0 bridgehead atoms. The molecule has 1 aromatic carbocycles. The fraction of sp³-hybridized carbons (Fsp3) is 0.600. The van der Waals surface area contributed by atoms with Crippen molar-refractivity contribution in [3.05, 3.63) is 30.1 Å². The van der Waals surface area contributed by atoms with Gasteiger partial charge in [-0.1, -0.05) is 25.5 Å². The van der Waals surface area contributed by atoms with Crippen molar-refractivity contribution in [1.82, 2.24) is 14.9 Å². The molecule has 0 aliphatic rings. The van der Waals surface area contributed by atoms with Gasteiger partial charge >= 0.3 is 0 Å². The van der Waals surface area contributed by atoms with Gasteiger partial charge < -0.3 is 14.6 Å². The Morgan fingerprint density at radius 1 is 1.20 bits per heavy atom. The fourth-order valence-corrected chi connectivity index (χ4v) is 2.99. The van der Waals surface area contributed by atoms with E-state index in [1.807, 2.05) is 19.9 Å². The van der Waals surface area contributed by atoms with Gasteiger partial charge in [0.25, 0.3) is 0 Å². The van der Waals surface area contributed by atoms with Crippen molar-refractivity contribution < 1.29 is 9.53 Å². The number of aryl methyl sites for hydroxylation is 1. The smallest absolute Gasteiger partial charge is 0.219 e. The van der Waals surface area contributed by atoms with Crippen molar-refractivity contribution >= 4 is 16.9 Å². The van der Waals surface area contributed by atoms with E-state index in [1.54, 1.807) is 0 Å². The molecule has 0 saturated heterocycles. The zero-order valence-electron chi connectivity index (χ0n) is 15.6. The molecule has 0 radical (unpaired) electrons. The van der Waals surface area contributed by atoms with Gasteiger partial charge in [0.15, 0.2) is 0 Å². The van der Waals surface area contributed by atoms with Crippen molar-refractivity contribution in [3.8, 4) is 0 Å². The van der Waals surface area contributed by atoms with Crippen molar-refractivity contribution in [3.63, 3.8) is 0 Å². The number of carbonyl (C=O) groups is 1. The monoisotopic (exact) mass is 345 g/mol. The lowest BCUT2D eigenvalue weighted by atomic mass is 10.2. The largest absolute Gasteiger partial charge is 0.380 e. The number of para-hydroxylation sites is 2. The van der Waals surface area contributed by atoms with E-state index in [9.17, 15) is 4.79 Å². The van der Waals surface area contributed by atoms with Crippen molar-refractivity contribution in [2.75, 3.05) is 19.8 Å². The van der Waals surface area contributed by atoms with Crippen LogP contribution in [0.25, 0.3) is 11.0 Å². The second-order valence-corrected chi connectivity index (χ2v) is 6.28. The summed E-state index contributed by atoms with van der Waals surface area (Å²) in [6.45, 7) is 7.12. The first kappa shape index (κ1) is 19.4. The number of nitrogens with one attached hydrogen (secondary N) is 1. The predicted octanol–water partition coefficient (Wildman–Crippen LogP) is 3.70. The van der Waals surface area contributed by atoms with Crippen LogP contribution >= 0.6 is 0 Å². The number of rotatable bonds is 12. The first-order chi connectivity index (χ1) is 12.3. The molecule has 0 spiro atoms. The molecule has 25 heavy (non-hydrogen) atoms. The fourth-order valence-electron chi connectivity index (χ4n) is 2.99. The Hall–Kier alpha value is -1.88. The molecule has 0 aliphatic carbocycles. The Kier molecular flexibility index (Phi) is 8.46. The molecule has 0 unspecified atom stereocenters. The summed E-state index contributed by atoms with van der Waals surface area (Å²) < 4.78 is 7.81. The van der Waals surface area contributed by atoms with E-state index in [1.165, 1.54) is 5.52 Å². The summed E-state index contributed by atoms with van der Waals surface area (Å²) >= 11 is 0. The van der Waals surface area contributed by atoms with Crippen LogP contribution in [0.4, 0.5) is 0 Å². The number of nitrogens with zero attached hydrogens (tertiary/aromatic N) is 2. The summed E-state index contributed by atoms with van der Waals surface area (Å²) in [5.74, 6) is 1.30. The zero-order chi connectivity index (χ0) is 17.9. The average molecular weight is 345 g/mol. The van der Waals surface area contributed by atoms with Gasteiger partial charge in [-0.05, 0) is 38.3 Å². The van der Waals surface area contributed by atoms with E-state index in [0.717, 1.165) is 63.1 Å². The Morgan fingerprint density at radius 2 is 2.04 bits per heavy atom. The SMILES string of the molecule is CCCC(=O)NCCCCCc1nc2ccccc2n1CCOCC. The van der Waals surface area contributed by atoms with Gasteiger partial charge in [-0.15, -0.1) is 0 Å². The van der Waals surface area contributed by atoms with Gasteiger partial charge in [-0.3, -0.25) is 4.79 Å². The molecule has 0 saturated carbocycles. The zero-order valence-corrected chi connectivity index (χ0v) is 15.6. The molecule has 2 aromatic rings. The van der Waals surface area contributed by atoms with Gasteiger partial charge in [0.05, 0.1) is 17.6 Å². The molecule has 5 nitrogen and oxygen atoms in total. The molecule has 0 aliphatic heterocycles. The minimum Gasteiger partial charge on any atom is -0.380 e. The molecule has 0 atom stereocenters. The number of aromatic nitrogens is 2. The van der Waals surface area contributed by atoms with Crippen LogP contribution in [-0.4, -0.2) is 35.2 Å². The van der Waals surface area contributed by atoms with Crippen LogP contribution in [-0.2, 0) is 22.5 Å². The van der Waals surface area contributed by atoms with E-state index >= 15 is 0 Å². The first-order valence-electron chi connectivity index (χ1n) is 9.54. The van der Waals surface area contributed by atoms with Crippen LogP contribution in [0.3, 0.4) is 0 Å². The highest BCUT2D eigenvalue weighted by atomic mass is 16.5. The number of ether oxygens (including phenoxy) is 1. The van der Waals surface area contributed by atoms with Crippen LogP contribution in [0.1, 0.15) is 51.8 Å². The Morgan fingerprint density at radius 3 is 2.84 bits per heavy atom. The molecule has 1 N–H and O–H groups in total. The highest BCUT2D eigenvalue weighted by Gasteiger charge is 2.10.